The van der Waals surface area contributed by atoms with Gasteiger partial charge in [0, 0.05) is 28.3 Å². The number of para-hydroxylation sites is 1. The van der Waals surface area contributed by atoms with Crippen LogP contribution < -0.4 is 15.3 Å². The predicted octanol–water partition coefficient (Wildman–Crippen LogP) is 1.17. The number of carboxylic acid groups (broad SMARTS) is 1. The van der Waals surface area contributed by atoms with Crippen LogP contribution in [0.5, 0.6) is 5.75 Å². The number of carbonyl (C=O) groups excluding carboxylic acids is 1. The quantitative estimate of drug-likeness (QED) is 0.458. The van der Waals surface area contributed by atoms with Gasteiger partial charge in [-0.3, -0.25) is 14.1 Å². The third-order valence-corrected chi connectivity index (χ3v) is 4.29. The molecule has 144 valence electrons. The summed E-state index contributed by atoms with van der Waals surface area (Å²) >= 11 is 0. The molecule has 0 atom stereocenters. The number of hydrogen-bond acceptors (Lipinski definition) is 6. The third-order valence-electron chi connectivity index (χ3n) is 3.90. The lowest BCUT2D eigenvalue weighted by Gasteiger charge is -2.12. The van der Waals surface area contributed by atoms with E-state index < -0.39 is 39.0 Å². The third kappa shape index (κ3) is 3.56. The van der Waals surface area contributed by atoms with Crippen LogP contribution in [0.3, 0.4) is 0 Å². The van der Waals surface area contributed by atoms with Gasteiger partial charge < -0.3 is 20.0 Å². The van der Waals surface area contributed by atoms with Crippen molar-refractivity contribution in [1.29, 1.82) is 0 Å². The first kappa shape index (κ1) is 19.1. The van der Waals surface area contributed by atoms with Crippen LogP contribution in [0.1, 0.15) is 20.7 Å². The van der Waals surface area contributed by atoms with Gasteiger partial charge in [0.25, 0.3) is 0 Å². The highest BCUT2D eigenvalue weighted by molar-refractivity contribution is 7.81. The molecule has 0 radical (unpaired) electrons. The van der Waals surface area contributed by atoms with Crippen molar-refractivity contribution in [3.05, 3.63) is 63.9 Å². The minimum absolute atomic E-state index is 0.0363. The van der Waals surface area contributed by atoms with E-state index in [0.29, 0.717) is 0 Å². The fourth-order valence-corrected chi connectivity index (χ4v) is 3.08. The molecule has 2 aromatic carbocycles. The number of aromatic amines is 1. The van der Waals surface area contributed by atoms with Crippen LogP contribution in [0, 0.1) is 0 Å². The van der Waals surface area contributed by atoms with E-state index >= 15 is 0 Å². The van der Waals surface area contributed by atoms with Gasteiger partial charge in [0.05, 0.1) is 5.52 Å². The Labute approximate surface area is 157 Å². The molecule has 1 amide bonds. The maximum Gasteiger partial charge on any atom is 0.446 e. The molecule has 0 fully saturated rings. The Kier molecular flexibility index (Phi) is 4.63. The number of fused-ring (bicyclic) bond motifs is 1. The number of nitrogens with two attached hydrogens (primary N) is 1. The lowest BCUT2D eigenvalue weighted by atomic mass is 9.98. The largest absolute Gasteiger partial charge is 0.477 e. The number of benzene rings is 2. The molecule has 0 saturated heterocycles. The lowest BCUT2D eigenvalue weighted by Crippen LogP contribution is -2.15. The SMILES string of the molecule is NC(=O)c1ccc(-c2cccc3c(=O)c(C(=O)O)c[nH]c23)c(OS(=O)(=O)O)c1. The molecule has 11 heteroatoms. The number of aromatic nitrogens is 1. The van der Waals surface area contributed by atoms with E-state index in [1.54, 1.807) is 0 Å². The number of aromatic carboxylic acids is 1. The number of rotatable bonds is 5. The van der Waals surface area contributed by atoms with Gasteiger partial charge >= 0.3 is 16.4 Å². The molecular weight excluding hydrogens is 392 g/mol. The maximum atomic E-state index is 12.4. The van der Waals surface area contributed by atoms with Crippen LogP contribution in [-0.4, -0.2) is 34.9 Å². The number of carbonyl (C=O) groups is 2. The molecule has 0 aliphatic carbocycles. The topological polar surface area (TPSA) is 177 Å². The summed E-state index contributed by atoms with van der Waals surface area (Å²) < 4.78 is 36.0. The molecule has 10 nitrogen and oxygen atoms in total. The van der Waals surface area contributed by atoms with E-state index in [4.69, 9.17) is 15.4 Å². The summed E-state index contributed by atoms with van der Waals surface area (Å²) in [6, 6.07) is 8.00. The van der Waals surface area contributed by atoms with Gasteiger partial charge in [0.2, 0.25) is 11.3 Å². The Hall–Kier alpha value is -3.70. The molecule has 5 N–H and O–H groups in total. The number of primary amides is 1. The molecule has 28 heavy (non-hydrogen) atoms. The van der Waals surface area contributed by atoms with E-state index in [0.717, 1.165) is 12.3 Å². The summed E-state index contributed by atoms with van der Waals surface area (Å²) in [6.07, 6.45) is 1.01. The molecule has 0 unspecified atom stereocenters. The second-order valence-electron chi connectivity index (χ2n) is 5.65. The summed E-state index contributed by atoms with van der Waals surface area (Å²) in [6.45, 7) is 0. The second-order valence-corrected chi connectivity index (χ2v) is 6.67. The molecule has 1 heterocycles. The van der Waals surface area contributed by atoms with Crippen molar-refractivity contribution >= 4 is 33.2 Å². The monoisotopic (exact) mass is 404 g/mol. The van der Waals surface area contributed by atoms with Crippen LogP contribution in [0.4, 0.5) is 0 Å². The Bertz CT molecular complexity index is 1290. The standard InChI is InChI=1S/C17H12N2O8S/c18-16(21)8-4-5-9(13(6-8)27-28(24,25)26)10-2-1-3-11-14(10)19-7-12(15(11)20)17(22)23/h1-7H,(H2,18,21)(H,19,20)(H,22,23)(H,24,25,26). The minimum atomic E-state index is -4.93. The van der Waals surface area contributed by atoms with E-state index in [1.807, 2.05) is 0 Å². The molecule has 0 spiro atoms. The summed E-state index contributed by atoms with van der Waals surface area (Å²) in [7, 11) is -4.93. The van der Waals surface area contributed by atoms with Crippen molar-refractivity contribution in [3.63, 3.8) is 0 Å². The number of nitrogens with one attached hydrogen (secondary N) is 1. The van der Waals surface area contributed by atoms with Crippen molar-refractivity contribution in [1.82, 2.24) is 4.98 Å². The smallest absolute Gasteiger partial charge is 0.446 e. The molecule has 0 aliphatic rings. The van der Waals surface area contributed by atoms with Gasteiger partial charge in [-0.15, -0.1) is 0 Å². The Morgan fingerprint density at radius 1 is 1.11 bits per heavy atom. The molecule has 0 aliphatic heterocycles. The van der Waals surface area contributed by atoms with Crippen LogP contribution in [0.2, 0.25) is 0 Å². The first-order valence-electron chi connectivity index (χ1n) is 7.57. The van der Waals surface area contributed by atoms with Crippen molar-refractivity contribution in [2.45, 2.75) is 0 Å². The van der Waals surface area contributed by atoms with E-state index in [9.17, 15) is 22.8 Å². The molecule has 3 aromatic rings. The van der Waals surface area contributed by atoms with Crippen molar-refractivity contribution in [2.24, 2.45) is 5.73 Å². The molecule has 0 saturated carbocycles. The van der Waals surface area contributed by atoms with Gasteiger partial charge in [-0.2, -0.15) is 8.42 Å². The number of H-pyrrole nitrogens is 1. The first-order chi connectivity index (χ1) is 13.1. The Balaban J connectivity index is 2.33. The molecular formula is C17H12N2O8S. The zero-order chi connectivity index (χ0) is 20.6. The summed E-state index contributed by atoms with van der Waals surface area (Å²) in [5, 5.41) is 9.12. The lowest BCUT2D eigenvalue weighted by molar-refractivity contribution is 0.0695. The highest BCUT2D eigenvalue weighted by Gasteiger charge is 2.19. The Morgan fingerprint density at radius 3 is 2.43 bits per heavy atom. The Morgan fingerprint density at radius 2 is 1.82 bits per heavy atom. The van der Waals surface area contributed by atoms with Crippen LogP contribution in [-0.2, 0) is 10.4 Å². The summed E-state index contributed by atoms with van der Waals surface area (Å²) in [4.78, 5) is 37.6. The highest BCUT2D eigenvalue weighted by atomic mass is 32.3. The normalized spacial score (nSPS) is 11.3. The van der Waals surface area contributed by atoms with E-state index in [1.165, 1.54) is 30.3 Å². The minimum Gasteiger partial charge on any atom is -0.477 e. The van der Waals surface area contributed by atoms with Gasteiger partial charge in [0.1, 0.15) is 5.56 Å². The van der Waals surface area contributed by atoms with Crippen molar-refractivity contribution in [3.8, 4) is 16.9 Å². The fourth-order valence-electron chi connectivity index (χ4n) is 2.72. The second kappa shape index (κ2) is 6.79. The molecule has 0 bridgehead atoms. The van der Waals surface area contributed by atoms with E-state index in [-0.39, 0.29) is 27.6 Å². The van der Waals surface area contributed by atoms with Crippen LogP contribution >= 0.6 is 0 Å². The summed E-state index contributed by atoms with van der Waals surface area (Å²) in [5.74, 6) is -2.67. The number of hydrogen-bond donors (Lipinski definition) is 4. The summed E-state index contributed by atoms with van der Waals surface area (Å²) in [5.41, 5.74) is 4.46. The van der Waals surface area contributed by atoms with Crippen molar-refractivity contribution < 1.29 is 31.8 Å². The highest BCUT2D eigenvalue weighted by Crippen LogP contribution is 2.35. The zero-order valence-corrected chi connectivity index (χ0v) is 14.7. The molecule has 3 rings (SSSR count). The average Bonchev–Trinajstić information content (AvgIpc) is 2.60. The number of carboxylic acids is 1. The number of amides is 1. The maximum absolute atomic E-state index is 12.4. The van der Waals surface area contributed by atoms with Gasteiger partial charge in [-0.1, -0.05) is 12.1 Å². The van der Waals surface area contributed by atoms with E-state index in [2.05, 4.69) is 9.17 Å². The van der Waals surface area contributed by atoms with Gasteiger partial charge in [-0.05, 0) is 24.3 Å². The molecule has 1 aromatic heterocycles. The van der Waals surface area contributed by atoms with Crippen LogP contribution in [0.25, 0.3) is 22.0 Å². The van der Waals surface area contributed by atoms with Crippen molar-refractivity contribution in [2.75, 3.05) is 0 Å². The van der Waals surface area contributed by atoms with Gasteiger partial charge in [-0.25, -0.2) is 4.79 Å². The zero-order valence-electron chi connectivity index (χ0n) is 13.9. The fraction of sp³-hybridized carbons (Fsp3) is 0. The predicted molar refractivity (Wildman–Crippen MR) is 97.7 cm³/mol. The average molecular weight is 404 g/mol. The first-order valence-corrected chi connectivity index (χ1v) is 8.94. The van der Waals surface area contributed by atoms with Gasteiger partial charge in [0.15, 0.2) is 5.75 Å². The number of pyridine rings is 1. The van der Waals surface area contributed by atoms with Crippen LogP contribution in [0.15, 0.2) is 47.4 Å².